The molecule has 1 aliphatic rings. The SMILES string of the molecule is C[C@]1(c2ccccc2C(F)(F)F)CCCCC1=O. The zero-order valence-electron chi connectivity index (χ0n) is 10.2. The summed E-state index contributed by atoms with van der Waals surface area (Å²) >= 11 is 0. The second kappa shape index (κ2) is 4.41. The van der Waals surface area contributed by atoms with Gasteiger partial charge in [0.05, 0.1) is 11.0 Å². The lowest BCUT2D eigenvalue weighted by Crippen LogP contribution is -2.37. The van der Waals surface area contributed by atoms with Crippen molar-refractivity contribution in [2.75, 3.05) is 0 Å². The summed E-state index contributed by atoms with van der Waals surface area (Å²) in [5.41, 5.74) is -1.53. The lowest BCUT2D eigenvalue weighted by molar-refractivity contribution is -0.139. The van der Waals surface area contributed by atoms with Crippen LogP contribution < -0.4 is 0 Å². The van der Waals surface area contributed by atoms with Crippen LogP contribution in [0.25, 0.3) is 0 Å². The van der Waals surface area contributed by atoms with E-state index in [1.165, 1.54) is 12.1 Å². The fourth-order valence-electron chi connectivity index (χ4n) is 2.68. The average molecular weight is 256 g/mol. The Morgan fingerprint density at radius 2 is 1.83 bits per heavy atom. The van der Waals surface area contributed by atoms with E-state index < -0.39 is 17.2 Å². The van der Waals surface area contributed by atoms with Gasteiger partial charge in [-0.2, -0.15) is 13.2 Å². The molecule has 0 saturated heterocycles. The van der Waals surface area contributed by atoms with Crippen molar-refractivity contribution in [1.29, 1.82) is 0 Å². The van der Waals surface area contributed by atoms with Gasteiger partial charge < -0.3 is 0 Å². The first kappa shape index (κ1) is 13.1. The molecule has 1 fully saturated rings. The number of carbonyl (C=O) groups excluding carboxylic acids is 1. The number of benzene rings is 1. The molecule has 1 saturated carbocycles. The predicted octanol–water partition coefficient (Wildman–Crippen LogP) is 4.11. The number of halogens is 3. The highest BCUT2D eigenvalue weighted by atomic mass is 19.4. The minimum atomic E-state index is -4.41. The van der Waals surface area contributed by atoms with Crippen molar-refractivity contribution >= 4 is 5.78 Å². The third-order valence-electron chi connectivity index (χ3n) is 3.77. The third kappa shape index (κ3) is 2.16. The van der Waals surface area contributed by atoms with E-state index >= 15 is 0 Å². The minimum absolute atomic E-state index is 0.0783. The second-order valence-electron chi connectivity index (χ2n) is 5.01. The van der Waals surface area contributed by atoms with Crippen LogP contribution >= 0.6 is 0 Å². The van der Waals surface area contributed by atoms with Gasteiger partial charge in [0.1, 0.15) is 5.78 Å². The van der Waals surface area contributed by atoms with E-state index in [0.29, 0.717) is 12.8 Å². The summed E-state index contributed by atoms with van der Waals surface area (Å²) in [5, 5.41) is 0. The smallest absolute Gasteiger partial charge is 0.299 e. The van der Waals surface area contributed by atoms with E-state index in [1.807, 2.05) is 0 Å². The fraction of sp³-hybridized carbons (Fsp3) is 0.500. The number of alkyl halides is 3. The molecule has 0 aromatic heterocycles. The predicted molar refractivity (Wildman–Crippen MR) is 62.3 cm³/mol. The van der Waals surface area contributed by atoms with Gasteiger partial charge in [0.15, 0.2) is 0 Å². The summed E-state index contributed by atoms with van der Waals surface area (Å²) in [6.07, 6.45) is -1.95. The Bertz CT molecular complexity index is 464. The fourth-order valence-corrected chi connectivity index (χ4v) is 2.68. The minimum Gasteiger partial charge on any atom is -0.299 e. The van der Waals surface area contributed by atoms with Gasteiger partial charge in [0, 0.05) is 6.42 Å². The summed E-state index contributed by atoms with van der Waals surface area (Å²) in [5.74, 6) is -0.0783. The van der Waals surface area contributed by atoms with Gasteiger partial charge in [0.25, 0.3) is 0 Å². The van der Waals surface area contributed by atoms with Gasteiger partial charge in [-0.1, -0.05) is 24.6 Å². The average Bonchev–Trinajstić information content (AvgIpc) is 2.32. The van der Waals surface area contributed by atoms with E-state index in [4.69, 9.17) is 0 Å². The summed E-state index contributed by atoms with van der Waals surface area (Å²) in [6, 6.07) is 5.43. The zero-order chi connectivity index (χ0) is 13.4. The molecule has 1 nitrogen and oxygen atoms in total. The van der Waals surface area contributed by atoms with Crippen molar-refractivity contribution in [3.05, 3.63) is 35.4 Å². The van der Waals surface area contributed by atoms with Crippen LogP contribution in [0.5, 0.6) is 0 Å². The molecule has 1 aromatic rings. The van der Waals surface area contributed by atoms with Gasteiger partial charge in [-0.15, -0.1) is 0 Å². The molecule has 0 N–H and O–H groups in total. The Kier molecular flexibility index (Phi) is 3.21. The Balaban J connectivity index is 2.53. The van der Waals surface area contributed by atoms with E-state index in [0.717, 1.165) is 18.9 Å². The van der Waals surface area contributed by atoms with Crippen molar-refractivity contribution in [2.24, 2.45) is 0 Å². The topological polar surface area (TPSA) is 17.1 Å². The first-order valence-corrected chi connectivity index (χ1v) is 6.06. The van der Waals surface area contributed by atoms with Crippen LogP contribution in [0, 0.1) is 0 Å². The van der Waals surface area contributed by atoms with E-state index in [9.17, 15) is 18.0 Å². The van der Waals surface area contributed by atoms with E-state index in [1.54, 1.807) is 13.0 Å². The highest BCUT2D eigenvalue weighted by Crippen LogP contribution is 2.42. The van der Waals surface area contributed by atoms with Crippen LogP contribution in [0.1, 0.15) is 43.7 Å². The van der Waals surface area contributed by atoms with Crippen LogP contribution in [0.15, 0.2) is 24.3 Å². The summed E-state index contributed by atoms with van der Waals surface area (Å²) in [7, 11) is 0. The van der Waals surface area contributed by atoms with Crippen molar-refractivity contribution in [3.63, 3.8) is 0 Å². The van der Waals surface area contributed by atoms with Crippen molar-refractivity contribution in [3.8, 4) is 0 Å². The summed E-state index contributed by atoms with van der Waals surface area (Å²) in [4.78, 5) is 12.0. The highest BCUT2D eigenvalue weighted by molar-refractivity contribution is 5.90. The molecule has 0 spiro atoms. The monoisotopic (exact) mass is 256 g/mol. The number of hydrogen-bond acceptors (Lipinski definition) is 1. The van der Waals surface area contributed by atoms with E-state index in [2.05, 4.69) is 0 Å². The highest BCUT2D eigenvalue weighted by Gasteiger charge is 2.43. The molecule has 1 aromatic carbocycles. The molecule has 2 rings (SSSR count). The number of ketones is 1. The first-order chi connectivity index (χ1) is 8.36. The normalized spacial score (nSPS) is 25.2. The van der Waals surface area contributed by atoms with Crippen LogP contribution in [0.4, 0.5) is 13.2 Å². The maximum atomic E-state index is 13.0. The second-order valence-corrected chi connectivity index (χ2v) is 5.01. The zero-order valence-corrected chi connectivity index (χ0v) is 10.2. The van der Waals surface area contributed by atoms with Crippen molar-refractivity contribution in [2.45, 2.75) is 44.2 Å². The van der Waals surface area contributed by atoms with Gasteiger partial charge in [-0.05, 0) is 31.4 Å². The quantitative estimate of drug-likeness (QED) is 0.739. The molecule has 0 heterocycles. The molecule has 1 atom stereocenters. The Labute approximate surface area is 104 Å². The lowest BCUT2D eigenvalue weighted by Gasteiger charge is -2.34. The number of Topliss-reactive ketones (excluding diaryl/α,β-unsaturated/α-hetero) is 1. The molecule has 0 aliphatic heterocycles. The molecule has 0 unspecified atom stereocenters. The van der Waals surface area contributed by atoms with Crippen LogP contribution in [-0.4, -0.2) is 5.78 Å². The number of carbonyl (C=O) groups is 1. The standard InChI is InChI=1S/C14H15F3O/c1-13(9-5-4-8-12(13)18)10-6-2-3-7-11(10)14(15,16)17/h2-3,6-7H,4-5,8-9H2,1H3/t13-/m1/s1. The molecule has 18 heavy (non-hydrogen) atoms. The molecular formula is C14H15F3O. The third-order valence-corrected chi connectivity index (χ3v) is 3.77. The maximum absolute atomic E-state index is 13.0. The Hall–Kier alpha value is -1.32. The lowest BCUT2D eigenvalue weighted by atomic mass is 9.68. The summed E-state index contributed by atoms with van der Waals surface area (Å²) in [6.45, 7) is 1.64. The van der Waals surface area contributed by atoms with E-state index in [-0.39, 0.29) is 11.3 Å². The molecule has 0 amide bonds. The van der Waals surface area contributed by atoms with Gasteiger partial charge in [-0.25, -0.2) is 0 Å². The molecular weight excluding hydrogens is 241 g/mol. The maximum Gasteiger partial charge on any atom is 0.416 e. The molecule has 1 aliphatic carbocycles. The number of rotatable bonds is 1. The van der Waals surface area contributed by atoms with Gasteiger partial charge in [-0.3, -0.25) is 4.79 Å². The first-order valence-electron chi connectivity index (χ1n) is 6.06. The molecule has 0 radical (unpaired) electrons. The van der Waals surface area contributed by atoms with Crippen LogP contribution in [0.3, 0.4) is 0 Å². The van der Waals surface area contributed by atoms with Gasteiger partial charge >= 0.3 is 6.18 Å². The van der Waals surface area contributed by atoms with Crippen LogP contribution in [0.2, 0.25) is 0 Å². The molecule has 4 heteroatoms. The number of hydrogen-bond donors (Lipinski definition) is 0. The van der Waals surface area contributed by atoms with Crippen molar-refractivity contribution < 1.29 is 18.0 Å². The van der Waals surface area contributed by atoms with Crippen LogP contribution in [-0.2, 0) is 16.4 Å². The van der Waals surface area contributed by atoms with Crippen molar-refractivity contribution in [1.82, 2.24) is 0 Å². The Morgan fingerprint density at radius 3 is 2.44 bits per heavy atom. The Morgan fingerprint density at radius 1 is 1.17 bits per heavy atom. The summed E-state index contributed by atoms with van der Waals surface area (Å²) < 4.78 is 39.0. The van der Waals surface area contributed by atoms with Gasteiger partial charge in [0.2, 0.25) is 0 Å². The molecule has 98 valence electrons. The molecule has 0 bridgehead atoms. The largest absolute Gasteiger partial charge is 0.416 e.